The maximum absolute atomic E-state index is 13.2. The van der Waals surface area contributed by atoms with Gasteiger partial charge in [-0.3, -0.25) is 19.7 Å². The van der Waals surface area contributed by atoms with Gasteiger partial charge in [0.05, 0.1) is 11.3 Å². The topological polar surface area (TPSA) is 92.6 Å². The number of hydrogen-bond donors (Lipinski definition) is 1. The Balaban J connectivity index is 2.32. The lowest BCUT2D eigenvalue weighted by Crippen LogP contribution is -2.50. The van der Waals surface area contributed by atoms with E-state index in [9.17, 15) is 19.7 Å². The van der Waals surface area contributed by atoms with E-state index in [-0.39, 0.29) is 30.6 Å². The number of para-hydroxylation sites is 1. The minimum Gasteiger partial charge on any atom is -0.352 e. The third-order valence-corrected chi connectivity index (χ3v) is 5.37. The lowest BCUT2D eigenvalue weighted by Gasteiger charge is -2.30. The minimum absolute atomic E-state index is 0.0348. The van der Waals surface area contributed by atoms with Crippen LogP contribution in [0.15, 0.2) is 48.5 Å². The molecule has 0 spiro atoms. The van der Waals surface area contributed by atoms with Crippen LogP contribution in [0.1, 0.15) is 38.3 Å². The Labute approximate surface area is 181 Å². The van der Waals surface area contributed by atoms with Gasteiger partial charge in [0.1, 0.15) is 6.04 Å². The number of hydrogen-bond acceptors (Lipinski definition) is 4. The van der Waals surface area contributed by atoms with E-state index in [1.165, 1.54) is 11.0 Å². The number of benzene rings is 2. The number of nitro benzene ring substituents is 1. The molecule has 2 amide bonds. The maximum Gasteiger partial charge on any atom is 0.273 e. The van der Waals surface area contributed by atoms with Crippen molar-refractivity contribution in [3.8, 4) is 0 Å². The summed E-state index contributed by atoms with van der Waals surface area (Å²) in [7, 11) is 0. The molecule has 2 aromatic rings. The van der Waals surface area contributed by atoms with E-state index in [1.807, 2.05) is 13.8 Å². The molecule has 7 nitrogen and oxygen atoms in total. The SMILES string of the molecule is CCC(C)NC(=O)C(C)N(Cc1ccccc1Cl)C(=O)Cc1ccccc1[N+](=O)[O-]. The van der Waals surface area contributed by atoms with Crippen LogP contribution in [-0.2, 0) is 22.6 Å². The second-order valence-electron chi connectivity index (χ2n) is 7.17. The van der Waals surface area contributed by atoms with E-state index < -0.39 is 16.9 Å². The molecule has 30 heavy (non-hydrogen) atoms. The fraction of sp³-hybridized carbons (Fsp3) is 0.364. The molecule has 2 aromatic carbocycles. The summed E-state index contributed by atoms with van der Waals surface area (Å²) in [6.07, 6.45) is 0.565. The Morgan fingerprint density at radius 2 is 1.70 bits per heavy atom. The summed E-state index contributed by atoms with van der Waals surface area (Å²) in [5, 5.41) is 14.7. The molecular weight excluding hydrogens is 406 g/mol. The van der Waals surface area contributed by atoms with Gasteiger partial charge in [0.15, 0.2) is 0 Å². The molecule has 0 bridgehead atoms. The molecule has 0 fully saturated rings. The van der Waals surface area contributed by atoms with Crippen LogP contribution in [-0.4, -0.2) is 33.7 Å². The number of nitrogens with zero attached hydrogens (tertiary/aromatic N) is 2. The van der Waals surface area contributed by atoms with Crippen LogP contribution in [0.3, 0.4) is 0 Å². The Morgan fingerprint density at radius 3 is 2.30 bits per heavy atom. The van der Waals surface area contributed by atoms with Gasteiger partial charge in [-0.25, -0.2) is 0 Å². The first-order valence-electron chi connectivity index (χ1n) is 9.80. The first-order valence-corrected chi connectivity index (χ1v) is 10.2. The van der Waals surface area contributed by atoms with Crippen molar-refractivity contribution < 1.29 is 14.5 Å². The number of carbonyl (C=O) groups is 2. The molecule has 0 aliphatic carbocycles. The number of rotatable bonds is 9. The molecule has 0 radical (unpaired) electrons. The lowest BCUT2D eigenvalue weighted by atomic mass is 10.1. The van der Waals surface area contributed by atoms with E-state index in [1.54, 1.807) is 49.4 Å². The van der Waals surface area contributed by atoms with E-state index in [2.05, 4.69) is 5.32 Å². The molecule has 1 N–H and O–H groups in total. The Bertz CT molecular complexity index is 919. The van der Waals surface area contributed by atoms with E-state index in [4.69, 9.17) is 11.6 Å². The van der Waals surface area contributed by atoms with Crippen LogP contribution in [0.25, 0.3) is 0 Å². The molecule has 0 aromatic heterocycles. The molecule has 0 heterocycles. The van der Waals surface area contributed by atoms with Crippen LogP contribution in [0, 0.1) is 10.1 Å². The molecule has 8 heteroatoms. The molecular formula is C22H26ClN3O4. The van der Waals surface area contributed by atoms with Crippen molar-refractivity contribution in [2.45, 2.75) is 52.2 Å². The number of carbonyl (C=O) groups excluding carboxylic acids is 2. The van der Waals surface area contributed by atoms with Crippen molar-refractivity contribution in [2.75, 3.05) is 0 Å². The van der Waals surface area contributed by atoms with Gasteiger partial charge in [-0.1, -0.05) is 54.9 Å². The normalized spacial score (nSPS) is 12.7. The summed E-state index contributed by atoms with van der Waals surface area (Å²) in [6, 6.07) is 12.4. The molecule has 2 rings (SSSR count). The van der Waals surface area contributed by atoms with Crippen LogP contribution in [0.2, 0.25) is 5.02 Å². The summed E-state index contributed by atoms with van der Waals surface area (Å²) < 4.78 is 0. The van der Waals surface area contributed by atoms with Crippen molar-refractivity contribution in [3.63, 3.8) is 0 Å². The predicted molar refractivity (Wildman–Crippen MR) is 116 cm³/mol. The zero-order valence-corrected chi connectivity index (χ0v) is 18.1. The largest absolute Gasteiger partial charge is 0.352 e. The standard InChI is InChI=1S/C22H26ClN3O4/c1-4-15(2)24-22(28)16(3)25(14-18-10-5-7-11-19(18)23)21(27)13-17-9-6-8-12-20(17)26(29)30/h5-12,15-16H,4,13-14H2,1-3H3,(H,24,28). The minimum atomic E-state index is -0.773. The van der Waals surface area contributed by atoms with E-state index in [0.717, 1.165) is 6.42 Å². The quantitative estimate of drug-likeness (QED) is 0.477. The van der Waals surface area contributed by atoms with Crippen molar-refractivity contribution in [3.05, 3.63) is 74.8 Å². The summed E-state index contributed by atoms with van der Waals surface area (Å²) >= 11 is 6.26. The molecule has 0 aliphatic rings. The van der Waals surface area contributed by atoms with E-state index in [0.29, 0.717) is 16.1 Å². The number of nitrogens with one attached hydrogen (secondary N) is 1. The summed E-state index contributed by atoms with van der Waals surface area (Å²) in [5.41, 5.74) is 0.865. The van der Waals surface area contributed by atoms with Gasteiger partial charge in [0.25, 0.3) is 5.69 Å². The Hall–Kier alpha value is -2.93. The third-order valence-electron chi connectivity index (χ3n) is 5.00. The van der Waals surface area contributed by atoms with Crippen LogP contribution in [0.4, 0.5) is 5.69 Å². The van der Waals surface area contributed by atoms with Crippen LogP contribution >= 0.6 is 11.6 Å². The van der Waals surface area contributed by atoms with Crippen molar-refractivity contribution >= 4 is 29.1 Å². The first kappa shape index (κ1) is 23.3. The molecule has 0 saturated heterocycles. The van der Waals surface area contributed by atoms with Crippen molar-refractivity contribution in [2.24, 2.45) is 0 Å². The van der Waals surface area contributed by atoms with Gasteiger partial charge in [0.2, 0.25) is 11.8 Å². The van der Waals surface area contributed by atoms with Gasteiger partial charge in [-0.05, 0) is 31.9 Å². The zero-order valence-electron chi connectivity index (χ0n) is 17.3. The Kier molecular flexibility index (Phi) is 8.35. The van der Waals surface area contributed by atoms with Gasteiger partial charge in [0, 0.05) is 29.2 Å². The van der Waals surface area contributed by atoms with Gasteiger partial charge < -0.3 is 10.2 Å². The summed E-state index contributed by atoms with van der Waals surface area (Å²) in [4.78, 5) is 38.1. The number of amides is 2. The molecule has 0 aliphatic heterocycles. The van der Waals surface area contributed by atoms with Gasteiger partial charge in [-0.2, -0.15) is 0 Å². The number of nitro groups is 1. The summed E-state index contributed by atoms with van der Waals surface area (Å²) in [6.45, 7) is 5.61. The highest BCUT2D eigenvalue weighted by molar-refractivity contribution is 6.31. The number of halogens is 1. The second-order valence-corrected chi connectivity index (χ2v) is 7.58. The fourth-order valence-electron chi connectivity index (χ4n) is 2.96. The van der Waals surface area contributed by atoms with Crippen LogP contribution in [0.5, 0.6) is 0 Å². The van der Waals surface area contributed by atoms with Crippen molar-refractivity contribution in [1.82, 2.24) is 10.2 Å². The van der Waals surface area contributed by atoms with Crippen molar-refractivity contribution in [1.29, 1.82) is 0 Å². The Morgan fingerprint density at radius 1 is 1.10 bits per heavy atom. The van der Waals surface area contributed by atoms with E-state index >= 15 is 0 Å². The van der Waals surface area contributed by atoms with Crippen LogP contribution < -0.4 is 5.32 Å². The molecule has 0 saturated carbocycles. The summed E-state index contributed by atoms with van der Waals surface area (Å²) in [5.74, 6) is -0.677. The molecule has 160 valence electrons. The zero-order chi connectivity index (χ0) is 22.3. The maximum atomic E-state index is 13.2. The molecule has 2 atom stereocenters. The van der Waals surface area contributed by atoms with Gasteiger partial charge >= 0.3 is 0 Å². The smallest absolute Gasteiger partial charge is 0.273 e. The second kappa shape index (κ2) is 10.7. The van der Waals surface area contributed by atoms with Gasteiger partial charge in [-0.15, -0.1) is 0 Å². The predicted octanol–water partition coefficient (Wildman–Crippen LogP) is 4.12. The highest BCUT2D eigenvalue weighted by atomic mass is 35.5. The average Bonchev–Trinajstić information content (AvgIpc) is 2.72. The third kappa shape index (κ3) is 6.03. The highest BCUT2D eigenvalue weighted by Crippen LogP contribution is 2.22. The molecule has 2 unspecified atom stereocenters. The lowest BCUT2D eigenvalue weighted by molar-refractivity contribution is -0.385. The first-order chi connectivity index (χ1) is 14.2. The monoisotopic (exact) mass is 431 g/mol. The average molecular weight is 432 g/mol. The fourth-order valence-corrected chi connectivity index (χ4v) is 3.16. The highest BCUT2D eigenvalue weighted by Gasteiger charge is 2.28.